The van der Waals surface area contributed by atoms with Crippen molar-refractivity contribution in [1.82, 2.24) is 9.88 Å². The van der Waals surface area contributed by atoms with Gasteiger partial charge in [-0.2, -0.15) is 0 Å². The Morgan fingerprint density at radius 2 is 2.00 bits per heavy atom. The first kappa shape index (κ1) is 14.7. The average Bonchev–Trinajstić information content (AvgIpc) is 2.41. The van der Waals surface area contributed by atoms with E-state index in [0.717, 1.165) is 17.8 Å². The molecule has 0 spiro atoms. The fourth-order valence-corrected chi connectivity index (χ4v) is 2.06. The molecule has 0 radical (unpaired) electrons. The van der Waals surface area contributed by atoms with Gasteiger partial charge in [-0.15, -0.1) is 0 Å². The lowest BCUT2D eigenvalue weighted by Crippen LogP contribution is -2.16. The van der Waals surface area contributed by atoms with E-state index >= 15 is 0 Å². The van der Waals surface area contributed by atoms with E-state index in [4.69, 9.17) is 0 Å². The average molecular weight is 334 g/mol. The Bertz CT molecular complexity index is 596. The third kappa shape index (κ3) is 3.88. The molecule has 0 saturated carbocycles. The molecule has 1 amide bonds. The summed E-state index contributed by atoms with van der Waals surface area (Å²) < 4.78 is 0.710. The fraction of sp³-hybridized carbons (Fsp3) is 0.200. The Morgan fingerprint density at radius 1 is 1.25 bits per heavy atom. The molecule has 0 saturated heterocycles. The minimum Gasteiger partial charge on any atom is -0.322 e. The fourth-order valence-electron chi connectivity index (χ4n) is 1.83. The summed E-state index contributed by atoms with van der Waals surface area (Å²) in [4.78, 5) is 18.3. The second-order valence-corrected chi connectivity index (χ2v) is 5.53. The molecule has 4 nitrogen and oxygen atoms in total. The number of hydrogen-bond acceptors (Lipinski definition) is 3. The van der Waals surface area contributed by atoms with Gasteiger partial charge in [0.1, 0.15) is 4.60 Å². The molecule has 104 valence electrons. The number of pyridine rings is 1. The summed E-state index contributed by atoms with van der Waals surface area (Å²) in [5.41, 5.74) is 2.44. The van der Waals surface area contributed by atoms with E-state index in [1.165, 1.54) is 0 Å². The zero-order valence-corrected chi connectivity index (χ0v) is 13.0. The molecular weight excluding hydrogens is 318 g/mol. The van der Waals surface area contributed by atoms with Gasteiger partial charge in [-0.05, 0) is 53.8 Å². The van der Waals surface area contributed by atoms with Crippen LogP contribution in [0.25, 0.3) is 0 Å². The van der Waals surface area contributed by atoms with Crippen molar-refractivity contribution in [3.63, 3.8) is 0 Å². The normalized spacial score (nSPS) is 10.6. The molecule has 0 aliphatic carbocycles. The molecule has 2 rings (SSSR count). The van der Waals surface area contributed by atoms with Crippen molar-refractivity contribution in [1.29, 1.82) is 0 Å². The van der Waals surface area contributed by atoms with Gasteiger partial charge in [0.15, 0.2) is 0 Å². The molecule has 5 heteroatoms. The van der Waals surface area contributed by atoms with Crippen LogP contribution in [0.5, 0.6) is 0 Å². The van der Waals surface area contributed by atoms with Crippen molar-refractivity contribution >= 4 is 27.5 Å². The molecule has 20 heavy (non-hydrogen) atoms. The number of rotatable bonds is 4. The number of aromatic nitrogens is 1. The van der Waals surface area contributed by atoms with E-state index in [1.54, 1.807) is 18.3 Å². The highest BCUT2D eigenvalue weighted by Crippen LogP contribution is 2.17. The lowest BCUT2D eigenvalue weighted by molar-refractivity contribution is 0.102. The minimum atomic E-state index is -0.156. The van der Waals surface area contributed by atoms with Crippen LogP contribution in [-0.2, 0) is 6.54 Å². The molecule has 0 aliphatic heterocycles. The Labute approximate surface area is 127 Å². The zero-order chi connectivity index (χ0) is 14.5. The largest absolute Gasteiger partial charge is 0.322 e. The summed E-state index contributed by atoms with van der Waals surface area (Å²) in [5, 5.41) is 2.93. The van der Waals surface area contributed by atoms with Crippen molar-refractivity contribution in [2.45, 2.75) is 6.54 Å². The Kier molecular flexibility index (Phi) is 4.87. The number of anilines is 1. The zero-order valence-electron chi connectivity index (χ0n) is 11.4. The van der Waals surface area contributed by atoms with Gasteiger partial charge in [-0.25, -0.2) is 4.98 Å². The molecule has 0 bridgehead atoms. The number of carbonyl (C=O) groups excluding carboxylic acids is 1. The molecule has 1 aromatic carbocycles. The first-order valence-corrected chi connectivity index (χ1v) is 7.01. The summed E-state index contributed by atoms with van der Waals surface area (Å²) in [5.74, 6) is -0.156. The standard InChI is InChI=1S/C15H16BrN3O/c1-19(2)10-12-5-3-4-6-13(12)18-15(20)11-7-8-14(16)17-9-11/h3-9H,10H2,1-2H3,(H,18,20). The van der Waals surface area contributed by atoms with Crippen LogP contribution in [0.4, 0.5) is 5.69 Å². The number of benzene rings is 1. The lowest BCUT2D eigenvalue weighted by Gasteiger charge is -2.14. The maximum absolute atomic E-state index is 12.2. The van der Waals surface area contributed by atoms with Crippen LogP contribution in [0.2, 0.25) is 0 Å². The smallest absolute Gasteiger partial charge is 0.257 e. The molecule has 1 N–H and O–H groups in total. The molecule has 0 atom stereocenters. The van der Waals surface area contributed by atoms with Crippen LogP contribution in [0.15, 0.2) is 47.2 Å². The second kappa shape index (κ2) is 6.63. The van der Waals surface area contributed by atoms with Crippen LogP contribution in [0.1, 0.15) is 15.9 Å². The number of hydrogen-bond donors (Lipinski definition) is 1. The Balaban J connectivity index is 2.17. The van der Waals surface area contributed by atoms with Crippen LogP contribution in [-0.4, -0.2) is 29.9 Å². The predicted octanol–water partition coefficient (Wildman–Crippen LogP) is 3.16. The number of nitrogens with zero attached hydrogens (tertiary/aromatic N) is 2. The SMILES string of the molecule is CN(C)Cc1ccccc1NC(=O)c1ccc(Br)nc1. The molecule has 0 unspecified atom stereocenters. The topological polar surface area (TPSA) is 45.2 Å². The maximum atomic E-state index is 12.2. The molecule has 1 heterocycles. The molecular formula is C15H16BrN3O. The highest BCUT2D eigenvalue weighted by molar-refractivity contribution is 9.10. The summed E-state index contributed by atoms with van der Waals surface area (Å²) in [7, 11) is 3.99. The quantitative estimate of drug-likeness (QED) is 0.874. The number of para-hydroxylation sites is 1. The van der Waals surface area contributed by atoms with Gasteiger partial charge in [-0.3, -0.25) is 4.79 Å². The third-order valence-corrected chi connectivity index (χ3v) is 3.21. The van der Waals surface area contributed by atoms with Gasteiger partial charge < -0.3 is 10.2 Å². The second-order valence-electron chi connectivity index (χ2n) is 4.72. The van der Waals surface area contributed by atoms with Crippen molar-refractivity contribution < 1.29 is 4.79 Å². The van der Waals surface area contributed by atoms with E-state index < -0.39 is 0 Å². The van der Waals surface area contributed by atoms with Crippen molar-refractivity contribution in [3.8, 4) is 0 Å². The van der Waals surface area contributed by atoms with Gasteiger partial charge in [0.05, 0.1) is 5.56 Å². The van der Waals surface area contributed by atoms with Gasteiger partial charge in [-0.1, -0.05) is 18.2 Å². The Hall–Kier alpha value is -1.72. The van der Waals surface area contributed by atoms with Crippen molar-refractivity contribution in [3.05, 3.63) is 58.3 Å². The third-order valence-electron chi connectivity index (χ3n) is 2.74. The van der Waals surface area contributed by atoms with Crippen LogP contribution in [0.3, 0.4) is 0 Å². The predicted molar refractivity (Wildman–Crippen MR) is 83.7 cm³/mol. The summed E-state index contributed by atoms with van der Waals surface area (Å²) in [6.07, 6.45) is 1.55. The van der Waals surface area contributed by atoms with E-state index in [1.807, 2.05) is 38.4 Å². The number of nitrogens with one attached hydrogen (secondary N) is 1. The highest BCUT2D eigenvalue weighted by atomic mass is 79.9. The molecule has 0 aliphatic rings. The summed E-state index contributed by atoms with van der Waals surface area (Å²) >= 11 is 3.25. The number of halogens is 1. The first-order valence-electron chi connectivity index (χ1n) is 6.22. The van der Waals surface area contributed by atoms with Gasteiger partial charge >= 0.3 is 0 Å². The Morgan fingerprint density at radius 3 is 2.65 bits per heavy atom. The number of carbonyl (C=O) groups is 1. The van der Waals surface area contributed by atoms with Crippen LogP contribution < -0.4 is 5.32 Å². The lowest BCUT2D eigenvalue weighted by atomic mass is 10.1. The van der Waals surface area contributed by atoms with Gasteiger partial charge in [0, 0.05) is 18.4 Å². The minimum absolute atomic E-state index is 0.156. The molecule has 1 aromatic heterocycles. The number of amides is 1. The molecule has 2 aromatic rings. The van der Waals surface area contributed by atoms with E-state index in [2.05, 4.69) is 31.1 Å². The van der Waals surface area contributed by atoms with E-state index in [9.17, 15) is 4.79 Å². The van der Waals surface area contributed by atoms with Crippen LogP contribution in [0, 0.1) is 0 Å². The summed E-state index contributed by atoms with van der Waals surface area (Å²) in [6, 6.07) is 11.3. The van der Waals surface area contributed by atoms with E-state index in [0.29, 0.717) is 10.2 Å². The maximum Gasteiger partial charge on any atom is 0.257 e. The first-order chi connectivity index (χ1) is 9.56. The van der Waals surface area contributed by atoms with Crippen molar-refractivity contribution in [2.75, 3.05) is 19.4 Å². The highest BCUT2D eigenvalue weighted by Gasteiger charge is 2.09. The van der Waals surface area contributed by atoms with Crippen molar-refractivity contribution in [2.24, 2.45) is 0 Å². The van der Waals surface area contributed by atoms with Gasteiger partial charge in [0.2, 0.25) is 0 Å². The van der Waals surface area contributed by atoms with Crippen LogP contribution >= 0.6 is 15.9 Å². The summed E-state index contributed by atoms with van der Waals surface area (Å²) in [6.45, 7) is 0.773. The van der Waals surface area contributed by atoms with E-state index in [-0.39, 0.29) is 5.91 Å². The van der Waals surface area contributed by atoms with Gasteiger partial charge in [0.25, 0.3) is 5.91 Å². The monoisotopic (exact) mass is 333 g/mol. The molecule has 0 fully saturated rings.